The monoisotopic (exact) mass is 292 g/mol. The summed E-state index contributed by atoms with van der Waals surface area (Å²) in [6.45, 7) is 4.43. The van der Waals surface area contributed by atoms with E-state index in [0.717, 1.165) is 15.7 Å². The third-order valence-corrected chi connectivity index (χ3v) is 4.63. The second-order valence-corrected chi connectivity index (χ2v) is 7.99. The maximum atomic E-state index is 11.1. The van der Waals surface area contributed by atoms with Crippen LogP contribution < -0.4 is 4.90 Å². The van der Waals surface area contributed by atoms with Gasteiger partial charge in [-0.25, -0.2) is 13.4 Å². The van der Waals surface area contributed by atoms with Crippen LogP contribution in [0.4, 0.5) is 5.13 Å². The lowest BCUT2D eigenvalue weighted by molar-refractivity contribution is 0.283. The van der Waals surface area contributed by atoms with Gasteiger partial charge in [-0.3, -0.25) is 0 Å². The highest BCUT2D eigenvalue weighted by Gasteiger charge is 2.16. The van der Waals surface area contributed by atoms with Gasteiger partial charge in [-0.15, -0.1) is 0 Å². The Kier molecular flexibility index (Phi) is 5.12. The maximum Gasteiger partial charge on any atom is 0.185 e. The van der Waals surface area contributed by atoms with Crippen LogP contribution in [-0.2, 0) is 16.4 Å². The third kappa shape index (κ3) is 4.22. The van der Waals surface area contributed by atoms with Crippen molar-refractivity contribution < 1.29 is 13.5 Å². The van der Waals surface area contributed by atoms with Crippen LogP contribution in [-0.4, -0.2) is 44.1 Å². The molecule has 18 heavy (non-hydrogen) atoms. The Morgan fingerprint density at radius 1 is 1.44 bits per heavy atom. The summed E-state index contributed by atoms with van der Waals surface area (Å²) in [5.74, 6) is 0.356. The summed E-state index contributed by atoms with van der Waals surface area (Å²) in [4.78, 5) is 7.14. The summed E-state index contributed by atoms with van der Waals surface area (Å²) in [6.07, 6.45) is 1.22. The molecule has 1 aromatic heterocycles. The Bertz CT molecular complexity index is 494. The Morgan fingerprint density at radius 2 is 2.06 bits per heavy atom. The van der Waals surface area contributed by atoms with E-state index in [1.807, 2.05) is 25.8 Å². The van der Waals surface area contributed by atoms with Crippen molar-refractivity contribution in [3.8, 4) is 0 Å². The van der Waals surface area contributed by atoms with Gasteiger partial charge in [0.1, 0.15) is 9.84 Å². The van der Waals surface area contributed by atoms with Crippen LogP contribution in [0.25, 0.3) is 0 Å². The highest BCUT2D eigenvalue weighted by molar-refractivity contribution is 7.90. The summed E-state index contributed by atoms with van der Waals surface area (Å²) < 4.78 is 22.2. The zero-order valence-corrected chi connectivity index (χ0v) is 12.8. The quantitative estimate of drug-likeness (QED) is 0.854. The van der Waals surface area contributed by atoms with Gasteiger partial charge in [-0.1, -0.05) is 25.2 Å². The zero-order chi connectivity index (χ0) is 13.9. The second kappa shape index (κ2) is 5.99. The average molecular weight is 292 g/mol. The van der Waals surface area contributed by atoms with Crippen LogP contribution in [0, 0.1) is 0 Å². The smallest absolute Gasteiger partial charge is 0.185 e. The van der Waals surface area contributed by atoms with E-state index in [0.29, 0.717) is 6.54 Å². The molecule has 0 bridgehead atoms. The molecule has 0 unspecified atom stereocenters. The van der Waals surface area contributed by atoms with Crippen molar-refractivity contribution in [1.29, 1.82) is 0 Å². The molecule has 0 atom stereocenters. The molecule has 1 heterocycles. The molecule has 1 rings (SSSR count). The molecule has 0 aliphatic rings. The van der Waals surface area contributed by atoms with Crippen LogP contribution >= 0.6 is 11.3 Å². The lowest BCUT2D eigenvalue weighted by atomic mass is 10.1. The lowest BCUT2D eigenvalue weighted by Crippen LogP contribution is -2.24. The highest BCUT2D eigenvalue weighted by Crippen LogP contribution is 2.30. The molecule has 0 aliphatic heterocycles. The number of aliphatic hydroxyl groups is 1. The van der Waals surface area contributed by atoms with Crippen molar-refractivity contribution in [2.75, 3.05) is 30.5 Å². The molecular weight excluding hydrogens is 272 g/mol. The lowest BCUT2D eigenvalue weighted by Gasteiger charge is -2.14. The van der Waals surface area contributed by atoms with E-state index in [-0.39, 0.29) is 18.3 Å². The fraction of sp³-hybridized carbons (Fsp3) is 0.727. The number of sulfone groups is 1. The second-order valence-electron chi connectivity index (χ2n) is 4.67. The van der Waals surface area contributed by atoms with Gasteiger partial charge in [0.25, 0.3) is 0 Å². The van der Waals surface area contributed by atoms with E-state index in [9.17, 15) is 13.5 Å². The van der Waals surface area contributed by atoms with Gasteiger partial charge in [-0.05, 0) is 5.92 Å². The van der Waals surface area contributed by atoms with E-state index >= 15 is 0 Å². The summed E-state index contributed by atoms with van der Waals surface area (Å²) in [5, 5.41) is 10.0. The number of hydrogen-bond acceptors (Lipinski definition) is 6. The zero-order valence-electron chi connectivity index (χ0n) is 11.2. The fourth-order valence-electron chi connectivity index (χ4n) is 1.48. The molecule has 0 spiro atoms. The number of anilines is 1. The van der Waals surface area contributed by atoms with Crippen LogP contribution in [0.5, 0.6) is 0 Å². The van der Waals surface area contributed by atoms with Gasteiger partial charge in [-0.2, -0.15) is 0 Å². The highest BCUT2D eigenvalue weighted by atomic mass is 32.2. The molecule has 0 aliphatic carbocycles. The number of rotatable bonds is 6. The topological polar surface area (TPSA) is 70.5 Å². The van der Waals surface area contributed by atoms with Crippen molar-refractivity contribution in [3.05, 3.63) is 10.6 Å². The van der Waals surface area contributed by atoms with E-state index < -0.39 is 9.84 Å². The van der Waals surface area contributed by atoms with Gasteiger partial charge in [0.2, 0.25) is 0 Å². The Balaban J connectivity index is 2.83. The minimum absolute atomic E-state index is 0.0227. The van der Waals surface area contributed by atoms with Crippen molar-refractivity contribution in [2.45, 2.75) is 26.4 Å². The van der Waals surface area contributed by atoms with E-state index in [4.69, 9.17) is 0 Å². The first kappa shape index (κ1) is 15.4. The third-order valence-electron chi connectivity index (χ3n) is 2.53. The minimum Gasteiger partial charge on any atom is -0.391 e. The summed E-state index contributed by atoms with van der Waals surface area (Å²) in [7, 11) is -1.15. The molecule has 5 nitrogen and oxygen atoms in total. The Morgan fingerprint density at radius 3 is 2.44 bits per heavy atom. The van der Waals surface area contributed by atoms with E-state index in [1.165, 1.54) is 17.6 Å². The number of hydrogen-bond donors (Lipinski definition) is 1. The number of nitrogens with zero attached hydrogens (tertiary/aromatic N) is 2. The van der Waals surface area contributed by atoms with Crippen molar-refractivity contribution in [3.63, 3.8) is 0 Å². The molecule has 104 valence electrons. The van der Waals surface area contributed by atoms with E-state index in [1.54, 1.807) is 0 Å². The predicted octanol–water partition coefficient (Wildman–Crippen LogP) is 1.24. The van der Waals surface area contributed by atoms with Crippen LogP contribution in [0.1, 0.15) is 30.3 Å². The van der Waals surface area contributed by atoms with Crippen LogP contribution in [0.2, 0.25) is 0 Å². The van der Waals surface area contributed by atoms with Gasteiger partial charge in [0, 0.05) is 19.8 Å². The van der Waals surface area contributed by atoms with Crippen molar-refractivity contribution in [2.24, 2.45) is 0 Å². The molecule has 0 fully saturated rings. The molecule has 1 aromatic rings. The fourth-order valence-corrected chi connectivity index (χ4v) is 3.14. The first-order valence-electron chi connectivity index (χ1n) is 5.74. The normalized spacial score (nSPS) is 12.1. The molecule has 1 N–H and O–H groups in total. The average Bonchev–Trinajstić information content (AvgIpc) is 2.68. The Hall–Kier alpha value is -0.660. The molecule has 0 saturated heterocycles. The maximum absolute atomic E-state index is 11.1. The number of aliphatic hydroxyl groups excluding tert-OH is 1. The predicted molar refractivity (Wildman–Crippen MR) is 75.1 cm³/mol. The van der Waals surface area contributed by atoms with Gasteiger partial charge in [0.15, 0.2) is 5.13 Å². The molecular formula is C11H20N2O3S2. The van der Waals surface area contributed by atoms with Crippen molar-refractivity contribution in [1.82, 2.24) is 4.98 Å². The van der Waals surface area contributed by atoms with Crippen LogP contribution in [0.3, 0.4) is 0 Å². The largest absolute Gasteiger partial charge is 0.391 e. The number of aromatic nitrogens is 1. The molecule has 0 radical (unpaired) electrons. The molecule has 7 heteroatoms. The van der Waals surface area contributed by atoms with Gasteiger partial charge >= 0.3 is 0 Å². The molecule has 0 aromatic carbocycles. The van der Waals surface area contributed by atoms with Gasteiger partial charge < -0.3 is 10.0 Å². The first-order valence-corrected chi connectivity index (χ1v) is 8.61. The Labute approximate surface area is 112 Å². The molecule has 0 saturated carbocycles. The SMILES string of the molecule is CC(C)c1nc(N(C)CCS(C)(=O)=O)sc1CO. The number of thiazole rings is 1. The summed E-state index contributed by atoms with van der Waals surface area (Å²) in [6, 6.07) is 0. The summed E-state index contributed by atoms with van der Waals surface area (Å²) in [5.41, 5.74) is 0.892. The molecule has 0 amide bonds. The van der Waals surface area contributed by atoms with E-state index in [2.05, 4.69) is 4.98 Å². The minimum atomic E-state index is -2.97. The first-order chi connectivity index (χ1) is 8.24. The van der Waals surface area contributed by atoms with Crippen molar-refractivity contribution >= 4 is 26.3 Å². The standard InChI is InChI=1S/C11H20N2O3S2/c1-8(2)10-9(7-14)17-11(12-10)13(3)5-6-18(4,15)16/h8,14H,5-7H2,1-4H3. The van der Waals surface area contributed by atoms with Gasteiger partial charge in [0.05, 0.1) is 22.9 Å². The van der Waals surface area contributed by atoms with Crippen LogP contribution in [0.15, 0.2) is 0 Å². The summed E-state index contributed by atoms with van der Waals surface area (Å²) >= 11 is 1.42.